The SMILES string of the molecule is Fc1ccc2c(ccc3ccc4c5ccccc5oc4c32)c1. The third kappa shape index (κ3) is 1.47. The first-order chi connectivity index (χ1) is 10.8. The van der Waals surface area contributed by atoms with Crippen molar-refractivity contribution < 1.29 is 8.81 Å². The van der Waals surface area contributed by atoms with E-state index in [-0.39, 0.29) is 5.82 Å². The molecule has 0 aliphatic rings. The Morgan fingerprint density at radius 1 is 0.682 bits per heavy atom. The molecule has 0 saturated carbocycles. The average Bonchev–Trinajstić information content (AvgIpc) is 2.93. The van der Waals surface area contributed by atoms with Crippen LogP contribution in [0.5, 0.6) is 0 Å². The van der Waals surface area contributed by atoms with Crippen molar-refractivity contribution in [2.24, 2.45) is 0 Å². The van der Waals surface area contributed by atoms with E-state index in [1.165, 1.54) is 6.07 Å². The zero-order valence-electron chi connectivity index (χ0n) is 11.6. The number of furan rings is 1. The first-order valence-corrected chi connectivity index (χ1v) is 7.23. The number of hydrogen-bond donors (Lipinski definition) is 0. The fraction of sp³-hybridized carbons (Fsp3) is 0. The Labute approximate surface area is 125 Å². The van der Waals surface area contributed by atoms with Crippen molar-refractivity contribution in [1.29, 1.82) is 0 Å². The Kier molecular flexibility index (Phi) is 2.18. The van der Waals surface area contributed by atoms with Crippen LogP contribution in [-0.4, -0.2) is 0 Å². The van der Waals surface area contributed by atoms with E-state index < -0.39 is 0 Å². The van der Waals surface area contributed by atoms with E-state index >= 15 is 0 Å². The Morgan fingerprint density at radius 3 is 2.41 bits per heavy atom. The molecular weight excluding hydrogens is 275 g/mol. The lowest BCUT2D eigenvalue weighted by Crippen LogP contribution is -1.80. The molecular formula is C20H11FO. The quantitative estimate of drug-likeness (QED) is 0.317. The molecule has 0 saturated heterocycles. The van der Waals surface area contributed by atoms with Crippen molar-refractivity contribution in [2.45, 2.75) is 0 Å². The van der Waals surface area contributed by atoms with Crippen LogP contribution in [0.1, 0.15) is 0 Å². The molecule has 0 atom stereocenters. The Hall–Kier alpha value is -2.87. The van der Waals surface area contributed by atoms with Gasteiger partial charge in [0.25, 0.3) is 0 Å². The zero-order valence-corrected chi connectivity index (χ0v) is 11.6. The number of para-hydroxylation sites is 1. The molecule has 1 nitrogen and oxygen atoms in total. The monoisotopic (exact) mass is 286 g/mol. The topological polar surface area (TPSA) is 13.1 Å². The molecule has 5 aromatic rings. The van der Waals surface area contributed by atoms with E-state index in [0.717, 1.165) is 43.5 Å². The third-order valence-corrected chi connectivity index (χ3v) is 4.30. The molecule has 4 aromatic carbocycles. The van der Waals surface area contributed by atoms with Gasteiger partial charge in [-0.2, -0.15) is 0 Å². The molecule has 104 valence electrons. The highest BCUT2D eigenvalue weighted by Gasteiger charge is 2.12. The van der Waals surface area contributed by atoms with Crippen molar-refractivity contribution in [3.8, 4) is 0 Å². The third-order valence-electron chi connectivity index (χ3n) is 4.30. The van der Waals surface area contributed by atoms with Crippen LogP contribution in [0.15, 0.2) is 71.1 Å². The second-order valence-electron chi connectivity index (χ2n) is 5.57. The van der Waals surface area contributed by atoms with Crippen molar-refractivity contribution >= 4 is 43.5 Å². The Morgan fingerprint density at radius 2 is 1.45 bits per heavy atom. The van der Waals surface area contributed by atoms with E-state index in [2.05, 4.69) is 18.2 Å². The molecule has 5 rings (SSSR count). The van der Waals surface area contributed by atoms with Gasteiger partial charge in [0, 0.05) is 16.2 Å². The van der Waals surface area contributed by atoms with E-state index in [1.807, 2.05) is 36.4 Å². The van der Waals surface area contributed by atoms with Crippen LogP contribution in [0.3, 0.4) is 0 Å². The molecule has 0 spiro atoms. The summed E-state index contributed by atoms with van der Waals surface area (Å²) in [6.45, 7) is 0. The molecule has 0 fully saturated rings. The van der Waals surface area contributed by atoms with E-state index in [9.17, 15) is 4.39 Å². The predicted octanol–water partition coefficient (Wildman–Crippen LogP) is 6.03. The van der Waals surface area contributed by atoms with E-state index in [4.69, 9.17) is 4.42 Å². The first-order valence-electron chi connectivity index (χ1n) is 7.23. The largest absolute Gasteiger partial charge is 0.455 e. The molecule has 0 N–H and O–H groups in total. The summed E-state index contributed by atoms with van der Waals surface area (Å²) in [7, 11) is 0. The summed E-state index contributed by atoms with van der Waals surface area (Å²) >= 11 is 0. The van der Waals surface area contributed by atoms with Gasteiger partial charge in [-0.25, -0.2) is 4.39 Å². The molecule has 0 aliphatic heterocycles. The summed E-state index contributed by atoms with van der Waals surface area (Å²) in [5.41, 5.74) is 1.75. The lowest BCUT2D eigenvalue weighted by Gasteiger charge is -2.04. The number of benzene rings is 4. The second kappa shape index (κ2) is 4.08. The van der Waals surface area contributed by atoms with Gasteiger partial charge in [-0.1, -0.05) is 42.5 Å². The molecule has 1 aromatic heterocycles. The standard InChI is InChI=1S/C20H11FO/c21-14-8-10-15-13(11-14)6-5-12-7-9-17-16-3-1-2-4-18(16)22-20(17)19(12)15/h1-11H. The van der Waals surface area contributed by atoms with Gasteiger partial charge in [0.2, 0.25) is 0 Å². The van der Waals surface area contributed by atoms with Crippen LogP contribution in [0.2, 0.25) is 0 Å². The van der Waals surface area contributed by atoms with Crippen LogP contribution in [0.25, 0.3) is 43.5 Å². The molecule has 0 radical (unpaired) electrons. The van der Waals surface area contributed by atoms with Crippen molar-refractivity contribution in [1.82, 2.24) is 0 Å². The Bertz CT molecular complexity index is 1180. The van der Waals surface area contributed by atoms with Gasteiger partial charge >= 0.3 is 0 Å². The predicted molar refractivity (Wildman–Crippen MR) is 88.7 cm³/mol. The van der Waals surface area contributed by atoms with Gasteiger partial charge in [-0.05, 0) is 40.4 Å². The van der Waals surface area contributed by atoms with Crippen LogP contribution in [0.4, 0.5) is 4.39 Å². The highest BCUT2D eigenvalue weighted by atomic mass is 19.1. The highest BCUT2D eigenvalue weighted by molar-refractivity contribution is 6.22. The van der Waals surface area contributed by atoms with Crippen LogP contribution >= 0.6 is 0 Å². The van der Waals surface area contributed by atoms with Gasteiger partial charge in [0.1, 0.15) is 17.0 Å². The molecule has 0 aliphatic carbocycles. The summed E-state index contributed by atoms with van der Waals surface area (Å²) in [5, 5.41) is 6.26. The van der Waals surface area contributed by atoms with Gasteiger partial charge in [0.05, 0.1) is 0 Å². The normalized spacial score (nSPS) is 11.9. The van der Waals surface area contributed by atoms with Gasteiger partial charge in [-0.15, -0.1) is 0 Å². The van der Waals surface area contributed by atoms with Crippen LogP contribution in [0, 0.1) is 5.82 Å². The second-order valence-corrected chi connectivity index (χ2v) is 5.57. The van der Waals surface area contributed by atoms with Gasteiger partial charge in [0.15, 0.2) is 0 Å². The smallest absolute Gasteiger partial charge is 0.143 e. The number of fused-ring (bicyclic) bond motifs is 7. The fourth-order valence-corrected chi connectivity index (χ4v) is 3.30. The van der Waals surface area contributed by atoms with Gasteiger partial charge < -0.3 is 4.42 Å². The van der Waals surface area contributed by atoms with Crippen molar-refractivity contribution in [3.05, 3.63) is 72.5 Å². The first kappa shape index (κ1) is 11.8. The van der Waals surface area contributed by atoms with Crippen molar-refractivity contribution in [3.63, 3.8) is 0 Å². The minimum atomic E-state index is -0.219. The fourth-order valence-electron chi connectivity index (χ4n) is 3.30. The van der Waals surface area contributed by atoms with E-state index in [1.54, 1.807) is 6.07 Å². The maximum absolute atomic E-state index is 13.5. The average molecular weight is 286 g/mol. The zero-order chi connectivity index (χ0) is 14.7. The number of hydrogen-bond acceptors (Lipinski definition) is 1. The lowest BCUT2D eigenvalue weighted by molar-refractivity contribution is 0.630. The molecule has 0 amide bonds. The lowest BCUT2D eigenvalue weighted by atomic mass is 9.99. The number of halogens is 1. The minimum absolute atomic E-state index is 0.219. The molecule has 2 heteroatoms. The molecule has 0 bridgehead atoms. The summed E-state index contributed by atoms with van der Waals surface area (Å²) in [6.07, 6.45) is 0. The Balaban J connectivity index is 2.10. The number of rotatable bonds is 0. The summed E-state index contributed by atoms with van der Waals surface area (Å²) in [5.74, 6) is -0.219. The maximum atomic E-state index is 13.5. The highest BCUT2D eigenvalue weighted by Crippen LogP contribution is 2.37. The van der Waals surface area contributed by atoms with E-state index in [0.29, 0.717) is 0 Å². The molecule has 1 heterocycles. The summed E-state index contributed by atoms with van der Waals surface area (Å²) in [4.78, 5) is 0. The summed E-state index contributed by atoms with van der Waals surface area (Å²) < 4.78 is 19.6. The van der Waals surface area contributed by atoms with Gasteiger partial charge in [-0.3, -0.25) is 0 Å². The van der Waals surface area contributed by atoms with Crippen molar-refractivity contribution in [2.75, 3.05) is 0 Å². The molecule has 0 unspecified atom stereocenters. The molecule has 22 heavy (non-hydrogen) atoms. The van der Waals surface area contributed by atoms with Crippen LogP contribution in [-0.2, 0) is 0 Å². The minimum Gasteiger partial charge on any atom is -0.455 e. The van der Waals surface area contributed by atoms with Crippen LogP contribution < -0.4 is 0 Å². The summed E-state index contributed by atoms with van der Waals surface area (Å²) in [6, 6.07) is 21.1. The maximum Gasteiger partial charge on any atom is 0.143 e.